The van der Waals surface area contributed by atoms with Gasteiger partial charge in [-0.3, -0.25) is 9.10 Å². The molecule has 0 radical (unpaired) electrons. The van der Waals surface area contributed by atoms with E-state index in [1.807, 2.05) is 27.7 Å². The lowest BCUT2D eigenvalue weighted by molar-refractivity contribution is 0.00578. The number of pyridine rings is 1. The number of hydrogen-bond donors (Lipinski definition) is 1. The molecule has 2 fully saturated rings. The lowest BCUT2D eigenvalue weighted by atomic mass is 9.79. The Bertz CT molecular complexity index is 1210. The second-order valence-electron chi connectivity index (χ2n) is 9.08. The summed E-state index contributed by atoms with van der Waals surface area (Å²) in [4.78, 5) is 17.1. The van der Waals surface area contributed by atoms with Gasteiger partial charge in [-0.2, -0.15) is 0 Å². The second-order valence-corrected chi connectivity index (χ2v) is 11.9. The summed E-state index contributed by atoms with van der Waals surface area (Å²) in [5.41, 5.74) is 0.114. The van der Waals surface area contributed by atoms with Gasteiger partial charge < -0.3 is 14.6 Å². The molecule has 0 atom stereocenters. The van der Waals surface area contributed by atoms with E-state index in [-0.39, 0.29) is 22.2 Å². The molecule has 2 saturated heterocycles. The van der Waals surface area contributed by atoms with Crippen molar-refractivity contribution in [1.29, 1.82) is 0 Å². The summed E-state index contributed by atoms with van der Waals surface area (Å²) in [6, 6.07) is 6.40. The van der Waals surface area contributed by atoms with E-state index in [9.17, 15) is 13.2 Å². The zero-order valence-corrected chi connectivity index (χ0v) is 21.0. The van der Waals surface area contributed by atoms with Crippen molar-refractivity contribution in [2.75, 3.05) is 21.9 Å². The van der Waals surface area contributed by atoms with E-state index < -0.39 is 34.3 Å². The van der Waals surface area contributed by atoms with Crippen LogP contribution in [0.1, 0.15) is 44.5 Å². The van der Waals surface area contributed by atoms with E-state index in [0.717, 1.165) is 0 Å². The fourth-order valence-electron chi connectivity index (χ4n) is 3.63. The summed E-state index contributed by atoms with van der Waals surface area (Å²) >= 11 is 12.5. The van der Waals surface area contributed by atoms with E-state index in [0.29, 0.717) is 29.1 Å². The van der Waals surface area contributed by atoms with Gasteiger partial charge in [0.05, 0.1) is 27.5 Å². The molecule has 1 amide bonds. The fourth-order valence-corrected chi connectivity index (χ4v) is 5.57. The number of carbonyl (C=O) groups excluding carboxylic acids is 1. The number of nitrogens with one attached hydrogen (secondary N) is 1. The smallest absolute Gasteiger partial charge is 0.399 e. The first-order chi connectivity index (χ1) is 15.3. The van der Waals surface area contributed by atoms with Gasteiger partial charge in [-0.1, -0.05) is 23.2 Å². The Morgan fingerprint density at radius 2 is 1.79 bits per heavy atom. The number of halogens is 2. The zero-order chi connectivity index (χ0) is 24.2. The Morgan fingerprint density at radius 3 is 2.39 bits per heavy atom. The van der Waals surface area contributed by atoms with Crippen LogP contribution in [-0.4, -0.2) is 49.9 Å². The number of anilines is 2. The van der Waals surface area contributed by atoms with Crippen molar-refractivity contribution >= 4 is 63.2 Å². The minimum Gasteiger partial charge on any atom is -0.399 e. The molecule has 12 heteroatoms. The monoisotopic (exact) mass is 511 g/mol. The van der Waals surface area contributed by atoms with Gasteiger partial charge in [0.25, 0.3) is 5.91 Å². The molecule has 0 bridgehead atoms. The highest BCUT2D eigenvalue weighted by Gasteiger charge is 2.51. The first-order valence-corrected chi connectivity index (χ1v) is 12.8. The Hall–Kier alpha value is -1.85. The van der Waals surface area contributed by atoms with Crippen LogP contribution >= 0.6 is 23.2 Å². The fraction of sp³-hybridized carbons (Fsp3) is 0.429. The molecule has 1 N–H and O–H groups in total. The minimum absolute atomic E-state index is 0.0447. The second kappa shape index (κ2) is 8.43. The van der Waals surface area contributed by atoms with E-state index in [1.54, 1.807) is 18.2 Å². The zero-order valence-electron chi connectivity index (χ0n) is 18.7. The van der Waals surface area contributed by atoms with Crippen LogP contribution in [-0.2, 0) is 19.3 Å². The van der Waals surface area contributed by atoms with Gasteiger partial charge in [-0.25, -0.2) is 13.4 Å². The van der Waals surface area contributed by atoms with Crippen molar-refractivity contribution in [3.63, 3.8) is 0 Å². The molecule has 1 aromatic heterocycles. The van der Waals surface area contributed by atoms with Crippen LogP contribution < -0.4 is 15.1 Å². The molecule has 1 aromatic carbocycles. The molecule has 0 aliphatic carbocycles. The van der Waals surface area contributed by atoms with Crippen LogP contribution in [0, 0.1) is 0 Å². The van der Waals surface area contributed by atoms with Crippen LogP contribution in [0.2, 0.25) is 10.0 Å². The maximum Gasteiger partial charge on any atom is 0.494 e. The lowest BCUT2D eigenvalue weighted by Crippen LogP contribution is -2.41. The highest BCUT2D eigenvalue weighted by Crippen LogP contribution is 2.37. The first kappa shape index (κ1) is 24.3. The maximum atomic E-state index is 13.0. The van der Waals surface area contributed by atoms with Crippen molar-refractivity contribution in [2.24, 2.45) is 0 Å². The summed E-state index contributed by atoms with van der Waals surface area (Å²) < 4.78 is 37.8. The molecule has 0 saturated carbocycles. The number of benzene rings is 1. The van der Waals surface area contributed by atoms with E-state index in [1.165, 1.54) is 16.6 Å². The Labute approximate surface area is 203 Å². The van der Waals surface area contributed by atoms with Crippen LogP contribution in [0.5, 0.6) is 0 Å². The number of nitrogens with zero attached hydrogens (tertiary/aromatic N) is 2. The lowest BCUT2D eigenvalue weighted by Gasteiger charge is -2.32. The predicted octanol–water partition coefficient (Wildman–Crippen LogP) is 3.48. The molecule has 176 valence electrons. The average Bonchev–Trinajstić information content (AvgIpc) is 3.16. The third-order valence-electron chi connectivity index (χ3n) is 6.14. The van der Waals surface area contributed by atoms with Crippen molar-refractivity contribution in [2.45, 2.75) is 45.3 Å². The number of amides is 1. The minimum atomic E-state index is -3.44. The molecule has 2 aromatic rings. The summed E-state index contributed by atoms with van der Waals surface area (Å²) in [6.07, 6.45) is 1.77. The van der Waals surface area contributed by atoms with E-state index >= 15 is 0 Å². The Morgan fingerprint density at radius 1 is 1.12 bits per heavy atom. The molecule has 33 heavy (non-hydrogen) atoms. The van der Waals surface area contributed by atoms with Crippen molar-refractivity contribution in [3.8, 4) is 0 Å². The van der Waals surface area contributed by atoms with Crippen LogP contribution in [0.15, 0.2) is 30.5 Å². The molecule has 8 nitrogen and oxygen atoms in total. The third-order valence-corrected chi connectivity index (χ3v) is 8.51. The van der Waals surface area contributed by atoms with Gasteiger partial charge in [0.2, 0.25) is 10.0 Å². The van der Waals surface area contributed by atoms with Crippen molar-refractivity contribution in [1.82, 2.24) is 4.98 Å². The van der Waals surface area contributed by atoms with Crippen LogP contribution in [0.4, 0.5) is 11.5 Å². The molecule has 0 unspecified atom stereocenters. The van der Waals surface area contributed by atoms with E-state index in [4.69, 9.17) is 32.5 Å². The molecule has 2 aliphatic rings. The van der Waals surface area contributed by atoms with Gasteiger partial charge in [0.15, 0.2) is 0 Å². The molecule has 0 spiro atoms. The largest absolute Gasteiger partial charge is 0.494 e. The standard InChI is InChI=1S/C21H24BCl2N3O5S/c1-20(2)21(3,4)32-22(31-20)13-8-14(23)10-15(9-13)26-19(28)16-11-18(25-12-17(16)24)27-6-5-7-33(27,29)30/h8-12H,5-7H2,1-4H3,(H,26,28). The maximum absolute atomic E-state index is 13.0. The normalized spacial score (nSPS) is 20.8. The van der Waals surface area contributed by atoms with Gasteiger partial charge in [-0.05, 0) is 63.8 Å². The molecule has 4 rings (SSSR count). The molecular formula is C21H24BCl2N3O5S. The summed E-state index contributed by atoms with van der Waals surface area (Å²) in [6.45, 7) is 8.10. The van der Waals surface area contributed by atoms with Gasteiger partial charge in [-0.15, -0.1) is 0 Å². The molecular weight excluding hydrogens is 488 g/mol. The van der Waals surface area contributed by atoms with Crippen molar-refractivity contribution < 1.29 is 22.5 Å². The highest BCUT2D eigenvalue weighted by atomic mass is 35.5. The average molecular weight is 512 g/mol. The third kappa shape index (κ3) is 4.72. The number of aromatic nitrogens is 1. The topological polar surface area (TPSA) is 97.8 Å². The van der Waals surface area contributed by atoms with Gasteiger partial charge >= 0.3 is 7.12 Å². The summed E-state index contributed by atoms with van der Waals surface area (Å²) in [7, 11) is -4.10. The number of sulfonamides is 1. The number of hydrogen-bond acceptors (Lipinski definition) is 6. The SMILES string of the molecule is CC1(C)OB(c2cc(Cl)cc(NC(=O)c3cc(N4CCCS4(=O)=O)ncc3Cl)c2)OC1(C)C. The van der Waals surface area contributed by atoms with Gasteiger partial charge in [0.1, 0.15) is 5.82 Å². The van der Waals surface area contributed by atoms with Crippen molar-refractivity contribution in [3.05, 3.63) is 46.1 Å². The predicted molar refractivity (Wildman–Crippen MR) is 130 cm³/mol. The number of rotatable bonds is 4. The summed E-state index contributed by atoms with van der Waals surface area (Å²) in [5.74, 6) is -0.323. The molecule has 2 aliphatic heterocycles. The van der Waals surface area contributed by atoms with Crippen LogP contribution in [0.25, 0.3) is 0 Å². The number of carbonyl (C=O) groups is 1. The summed E-state index contributed by atoms with van der Waals surface area (Å²) in [5, 5.41) is 3.26. The highest BCUT2D eigenvalue weighted by molar-refractivity contribution is 7.93. The molecule has 3 heterocycles. The van der Waals surface area contributed by atoms with Gasteiger partial charge in [0, 0.05) is 23.5 Å². The van der Waals surface area contributed by atoms with Crippen LogP contribution in [0.3, 0.4) is 0 Å². The Kier molecular flexibility index (Phi) is 6.20. The first-order valence-electron chi connectivity index (χ1n) is 10.4. The Balaban J connectivity index is 1.59. The quantitative estimate of drug-likeness (QED) is 0.631. The van der Waals surface area contributed by atoms with E-state index in [2.05, 4.69) is 10.3 Å².